The van der Waals surface area contributed by atoms with Crippen LogP contribution in [0.4, 0.5) is 0 Å². The molecule has 0 aliphatic carbocycles. The molecule has 0 saturated carbocycles. The van der Waals surface area contributed by atoms with Gasteiger partial charge in [0, 0.05) is 31.2 Å². The molecule has 1 atom stereocenters. The minimum Gasteiger partial charge on any atom is -0.466 e. The van der Waals surface area contributed by atoms with Crippen LogP contribution in [0.1, 0.15) is 13.8 Å². The molecule has 1 saturated heterocycles. The Morgan fingerprint density at radius 3 is 2.33 bits per heavy atom. The number of esters is 2. The minimum absolute atomic E-state index is 0.236. The molecule has 1 heterocycles. The Morgan fingerprint density at radius 2 is 1.89 bits per heavy atom. The zero-order valence-electron chi connectivity index (χ0n) is 10.9. The van der Waals surface area contributed by atoms with Crippen molar-refractivity contribution in [1.82, 2.24) is 4.90 Å². The van der Waals surface area contributed by atoms with Gasteiger partial charge in [-0.2, -0.15) is 0 Å². The highest BCUT2D eigenvalue weighted by molar-refractivity contribution is 5.93. The number of ether oxygens (including phenoxy) is 2. The van der Waals surface area contributed by atoms with E-state index in [-0.39, 0.29) is 5.91 Å². The minimum atomic E-state index is -0.822. The zero-order chi connectivity index (χ0) is 13.9. The summed E-state index contributed by atoms with van der Waals surface area (Å²) in [5.41, 5.74) is -0.444. The van der Waals surface area contributed by atoms with Crippen molar-refractivity contribution in [2.45, 2.75) is 20.0 Å². The summed E-state index contributed by atoms with van der Waals surface area (Å²) < 4.78 is 9.42. The van der Waals surface area contributed by atoms with E-state index in [0.717, 1.165) is 12.2 Å². The number of carbonyl (C=O) groups excluding carboxylic acids is 3. The molecule has 0 unspecified atom stereocenters. The smallest absolute Gasteiger partial charge is 0.331 e. The van der Waals surface area contributed by atoms with E-state index < -0.39 is 23.5 Å². The number of nitrogens with zero attached hydrogens (tertiary/aromatic N) is 1. The predicted octanol–water partition coefficient (Wildman–Crippen LogP) is 0.126. The first-order chi connectivity index (χ1) is 8.27. The molecule has 18 heavy (non-hydrogen) atoms. The average molecular weight is 255 g/mol. The number of methoxy groups -OCH3 is 1. The van der Waals surface area contributed by atoms with Crippen molar-refractivity contribution in [3.05, 3.63) is 12.2 Å². The second kappa shape index (κ2) is 5.20. The van der Waals surface area contributed by atoms with Gasteiger partial charge in [0.15, 0.2) is 6.10 Å². The molecule has 6 nitrogen and oxygen atoms in total. The number of carbonyl (C=O) groups is 3. The van der Waals surface area contributed by atoms with Gasteiger partial charge in [-0.1, -0.05) is 13.8 Å². The topological polar surface area (TPSA) is 72.9 Å². The second-order valence-electron chi connectivity index (χ2n) is 4.86. The maximum atomic E-state index is 11.8. The molecule has 0 radical (unpaired) electrons. The molecular formula is C12H17NO5. The normalized spacial score (nSPS) is 22.3. The summed E-state index contributed by atoms with van der Waals surface area (Å²) in [5, 5.41) is 0. The van der Waals surface area contributed by atoms with Crippen LogP contribution in [-0.2, 0) is 23.9 Å². The fourth-order valence-corrected chi connectivity index (χ4v) is 1.88. The number of hydrogen-bond acceptors (Lipinski definition) is 5. The Kier molecular flexibility index (Phi) is 4.11. The van der Waals surface area contributed by atoms with Crippen molar-refractivity contribution in [2.75, 3.05) is 20.7 Å². The van der Waals surface area contributed by atoms with Crippen LogP contribution in [0.3, 0.4) is 0 Å². The monoisotopic (exact) mass is 255 g/mol. The van der Waals surface area contributed by atoms with E-state index in [1.165, 1.54) is 12.0 Å². The van der Waals surface area contributed by atoms with Gasteiger partial charge < -0.3 is 14.4 Å². The van der Waals surface area contributed by atoms with Crippen molar-refractivity contribution in [1.29, 1.82) is 0 Å². The fraction of sp³-hybridized carbons (Fsp3) is 0.583. The molecule has 1 amide bonds. The van der Waals surface area contributed by atoms with Gasteiger partial charge in [0.2, 0.25) is 0 Å². The largest absolute Gasteiger partial charge is 0.466 e. The van der Waals surface area contributed by atoms with Crippen molar-refractivity contribution < 1.29 is 23.9 Å². The van der Waals surface area contributed by atoms with Gasteiger partial charge in [-0.15, -0.1) is 0 Å². The van der Waals surface area contributed by atoms with Crippen LogP contribution in [0.25, 0.3) is 0 Å². The molecule has 0 aromatic carbocycles. The first-order valence-corrected chi connectivity index (χ1v) is 5.49. The van der Waals surface area contributed by atoms with Crippen LogP contribution in [0, 0.1) is 5.41 Å². The van der Waals surface area contributed by atoms with Gasteiger partial charge in [-0.05, 0) is 0 Å². The first kappa shape index (κ1) is 14.2. The van der Waals surface area contributed by atoms with Gasteiger partial charge in [-0.25, -0.2) is 9.59 Å². The molecule has 1 fully saturated rings. The van der Waals surface area contributed by atoms with Gasteiger partial charge in [0.1, 0.15) is 0 Å². The highest BCUT2D eigenvalue weighted by Crippen LogP contribution is 2.32. The summed E-state index contributed by atoms with van der Waals surface area (Å²) in [6.07, 6.45) is 1.09. The van der Waals surface area contributed by atoms with Crippen LogP contribution in [-0.4, -0.2) is 49.6 Å². The number of hydrogen-bond donors (Lipinski definition) is 0. The molecule has 1 rings (SSSR count). The number of likely N-dealkylation sites (N-methyl/N-ethyl adjacent to an activating group) is 1. The summed E-state index contributed by atoms with van der Waals surface area (Å²) in [6.45, 7) is 4.21. The molecule has 1 aliphatic heterocycles. The maximum absolute atomic E-state index is 11.8. The average Bonchev–Trinajstić information content (AvgIpc) is 2.48. The molecular weight excluding hydrogens is 238 g/mol. The van der Waals surface area contributed by atoms with E-state index in [9.17, 15) is 14.4 Å². The summed E-state index contributed by atoms with van der Waals surface area (Å²) >= 11 is 0. The summed E-state index contributed by atoms with van der Waals surface area (Å²) in [7, 11) is 2.86. The zero-order valence-corrected chi connectivity index (χ0v) is 10.9. The molecule has 0 aromatic rings. The van der Waals surface area contributed by atoms with Crippen LogP contribution in [0.15, 0.2) is 12.2 Å². The Labute approximate surface area is 106 Å². The highest BCUT2D eigenvalue weighted by atomic mass is 16.6. The predicted molar refractivity (Wildman–Crippen MR) is 62.5 cm³/mol. The van der Waals surface area contributed by atoms with Crippen LogP contribution >= 0.6 is 0 Å². The van der Waals surface area contributed by atoms with Crippen molar-refractivity contribution >= 4 is 17.8 Å². The lowest BCUT2D eigenvalue weighted by molar-refractivity contribution is -0.155. The lowest BCUT2D eigenvalue weighted by Gasteiger charge is -2.22. The van der Waals surface area contributed by atoms with Crippen molar-refractivity contribution in [2.24, 2.45) is 5.41 Å². The van der Waals surface area contributed by atoms with E-state index in [1.807, 2.05) is 13.8 Å². The Bertz CT molecular complexity index is 399. The molecule has 0 aromatic heterocycles. The molecule has 6 heteroatoms. The van der Waals surface area contributed by atoms with Crippen LogP contribution in [0.2, 0.25) is 0 Å². The molecule has 0 spiro atoms. The molecule has 0 N–H and O–H groups in total. The summed E-state index contributed by atoms with van der Waals surface area (Å²) in [4.78, 5) is 35.6. The van der Waals surface area contributed by atoms with Gasteiger partial charge >= 0.3 is 11.9 Å². The fourth-order valence-electron chi connectivity index (χ4n) is 1.88. The maximum Gasteiger partial charge on any atom is 0.331 e. The van der Waals surface area contributed by atoms with Gasteiger partial charge in [0.05, 0.1) is 7.11 Å². The lowest BCUT2D eigenvalue weighted by atomic mass is 9.90. The van der Waals surface area contributed by atoms with Crippen molar-refractivity contribution in [3.8, 4) is 0 Å². The van der Waals surface area contributed by atoms with E-state index >= 15 is 0 Å². The van der Waals surface area contributed by atoms with E-state index in [0.29, 0.717) is 6.54 Å². The second-order valence-corrected chi connectivity index (χ2v) is 4.86. The van der Waals surface area contributed by atoms with Crippen LogP contribution < -0.4 is 0 Å². The van der Waals surface area contributed by atoms with E-state index in [4.69, 9.17) is 4.74 Å². The number of rotatable bonds is 3. The Hall–Kier alpha value is -1.85. The molecule has 0 bridgehead atoms. The van der Waals surface area contributed by atoms with Gasteiger partial charge in [-0.3, -0.25) is 4.79 Å². The highest BCUT2D eigenvalue weighted by Gasteiger charge is 2.47. The third kappa shape index (κ3) is 3.09. The van der Waals surface area contributed by atoms with Gasteiger partial charge in [0.25, 0.3) is 5.91 Å². The number of amides is 1. The van der Waals surface area contributed by atoms with Crippen LogP contribution in [0.5, 0.6) is 0 Å². The Balaban J connectivity index is 2.67. The van der Waals surface area contributed by atoms with E-state index in [1.54, 1.807) is 7.05 Å². The SMILES string of the molecule is COC(=O)/C=C/C(=O)O[C@H]1C(=O)N(C)CC1(C)C. The third-order valence-electron chi connectivity index (χ3n) is 2.75. The lowest BCUT2D eigenvalue weighted by Crippen LogP contribution is -2.35. The quantitative estimate of drug-likeness (QED) is 0.529. The summed E-state index contributed by atoms with van der Waals surface area (Å²) in [5.74, 6) is -1.62. The molecule has 1 aliphatic rings. The first-order valence-electron chi connectivity index (χ1n) is 5.49. The van der Waals surface area contributed by atoms with Crippen molar-refractivity contribution in [3.63, 3.8) is 0 Å². The Morgan fingerprint density at radius 1 is 1.33 bits per heavy atom. The standard InChI is InChI=1S/C12H17NO5/c1-12(2)7-13(3)11(16)10(12)18-9(15)6-5-8(14)17-4/h5-6,10H,7H2,1-4H3/b6-5+/t10-/m0/s1. The third-order valence-corrected chi connectivity index (χ3v) is 2.75. The molecule has 100 valence electrons. The van der Waals surface area contributed by atoms with E-state index in [2.05, 4.69) is 4.74 Å². The number of likely N-dealkylation sites (tertiary alicyclic amines) is 1. The summed E-state index contributed by atoms with van der Waals surface area (Å²) in [6, 6.07) is 0.